The number of allylic oxidation sites excluding steroid dienone is 2. The maximum atomic E-state index is 10.9. The zero-order valence-electron chi connectivity index (χ0n) is 9.59. The average molecular weight is 196 g/mol. The molecule has 14 heavy (non-hydrogen) atoms. The first kappa shape index (κ1) is 11.3. The summed E-state index contributed by atoms with van der Waals surface area (Å²) in [6.45, 7) is 8.00. The Balaban J connectivity index is 2.66. The van der Waals surface area contributed by atoms with Gasteiger partial charge in [0.15, 0.2) is 0 Å². The van der Waals surface area contributed by atoms with Gasteiger partial charge in [-0.3, -0.25) is 4.79 Å². The van der Waals surface area contributed by atoms with Crippen molar-refractivity contribution in [2.45, 2.75) is 47.0 Å². The molecule has 0 aromatic rings. The molecule has 1 aliphatic rings. The Morgan fingerprint density at radius 2 is 2.14 bits per heavy atom. The second kappa shape index (κ2) is 4.63. The van der Waals surface area contributed by atoms with Gasteiger partial charge in [-0.25, -0.2) is 0 Å². The molecule has 0 bridgehead atoms. The maximum Gasteiger partial charge on any atom is 0.307 e. The Kier molecular flexibility index (Phi) is 3.73. The van der Waals surface area contributed by atoms with Gasteiger partial charge in [-0.1, -0.05) is 13.8 Å². The highest BCUT2D eigenvalue weighted by Gasteiger charge is 2.23. The minimum Gasteiger partial charge on any atom is -0.431 e. The zero-order valence-corrected chi connectivity index (χ0v) is 9.59. The van der Waals surface area contributed by atoms with Crippen molar-refractivity contribution in [3.63, 3.8) is 0 Å². The summed E-state index contributed by atoms with van der Waals surface area (Å²) in [5.41, 5.74) is 1.25. The van der Waals surface area contributed by atoms with E-state index in [1.165, 1.54) is 18.9 Å². The highest BCUT2D eigenvalue weighted by molar-refractivity contribution is 5.67. The number of esters is 1. The lowest BCUT2D eigenvalue weighted by Gasteiger charge is -2.27. The van der Waals surface area contributed by atoms with Crippen molar-refractivity contribution in [2.75, 3.05) is 0 Å². The van der Waals surface area contributed by atoms with Crippen molar-refractivity contribution in [1.82, 2.24) is 0 Å². The van der Waals surface area contributed by atoms with E-state index in [4.69, 9.17) is 4.74 Å². The summed E-state index contributed by atoms with van der Waals surface area (Å²) in [5.74, 6) is 2.08. The highest BCUT2D eigenvalue weighted by atomic mass is 16.5. The molecule has 0 radical (unpaired) electrons. The summed E-state index contributed by atoms with van der Waals surface area (Å²) in [7, 11) is 0. The summed E-state index contributed by atoms with van der Waals surface area (Å²) in [6.07, 6.45) is 3.24. The molecule has 0 spiro atoms. The van der Waals surface area contributed by atoms with E-state index in [0.717, 1.165) is 18.6 Å². The van der Waals surface area contributed by atoms with Crippen molar-refractivity contribution >= 4 is 5.97 Å². The number of hydrogen-bond donors (Lipinski definition) is 0. The molecule has 0 saturated carbocycles. The predicted molar refractivity (Wildman–Crippen MR) is 56.6 cm³/mol. The van der Waals surface area contributed by atoms with E-state index in [2.05, 4.69) is 20.8 Å². The standard InChI is InChI=1S/C12H20O2/c1-8(2)11-6-5-9(3)12(7-11)14-10(4)13/h8,11H,5-7H2,1-4H3/t11-/m0/s1. The fraction of sp³-hybridized carbons (Fsp3) is 0.750. The van der Waals surface area contributed by atoms with Gasteiger partial charge in [0.2, 0.25) is 0 Å². The third-order valence-electron chi connectivity index (χ3n) is 3.02. The molecule has 0 aromatic heterocycles. The second-order valence-electron chi connectivity index (χ2n) is 4.54. The van der Waals surface area contributed by atoms with Crippen molar-refractivity contribution in [2.24, 2.45) is 11.8 Å². The molecule has 1 rings (SSSR count). The maximum absolute atomic E-state index is 10.9. The molecule has 0 unspecified atom stereocenters. The number of hydrogen-bond acceptors (Lipinski definition) is 2. The van der Waals surface area contributed by atoms with E-state index in [-0.39, 0.29) is 5.97 Å². The topological polar surface area (TPSA) is 26.3 Å². The van der Waals surface area contributed by atoms with Gasteiger partial charge in [0.1, 0.15) is 5.76 Å². The van der Waals surface area contributed by atoms with E-state index in [9.17, 15) is 4.79 Å². The summed E-state index contributed by atoms with van der Waals surface area (Å²) in [6, 6.07) is 0. The zero-order chi connectivity index (χ0) is 10.7. The molecule has 2 nitrogen and oxygen atoms in total. The molecular weight excluding hydrogens is 176 g/mol. The molecule has 0 aromatic carbocycles. The van der Waals surface area contributed by atoms with Crippen molar-refractivity contribution in [3.8, 4) is 0 Å². The smallest absolute Gasteiger partial charge is 0.307 e. The molecule has 2 heteroatoms. The molecule has 0 aliphatic heterocycles. The minimum atomic E-state index is -0.191. The van der Waals surface area contributed by atoms with Crippen LogP contribution in [0.4, 0.5) is 0 Å². The van der Waals surface area contributed by atoms with Crippen molar-refractivity contribution in [3.05, 3.63) is 11.3 Å². The Hall–Kier alpha value is -0.790. The summed E-state index contributed by atoms with van der Waals surface area (Å²) >= 11 is 0. The first-order valence-electron chi connectivity index (χ1n) is 5.37. The second-order valence-corrected chi connectivity index (χ2v) is 4.54. The molecular formula is C12H20O2. The summed E-state index contributed by atoms with van der Waals surface area (Å²) in [4.78, 5) is 10.9. The molecule has 0 amide bonds. The van der Waals surface area contributed by atoms with Crippen LogP contribution >= 0.6 is 0 Å². The van der Waals surface area contributed by atoms with Crippen LogP contribution in [0.2, 0.25) is 0 Å². The Morgan fingerprint density at radius 1 is 1.50 bits per heavy atom. The minimum absolute atomic E-state index is 0.191. The van der Waals surface area contributed by atoms with Gasteiger partial charge >= 0.3 is 5.97 Å². The van der Waals surface area contributed by atoms with Gasteiger partial charge in [-0.05, 0) is 37.2 Å². The van der Waals surface area contributed by atoms with E-state index in [0.29, 0.717) is 11.8 Å². The number of carbonyl (C=O) groups excluding carboxylic acids is 1. The average Bonchev–Trinajstić information content (AvgIpc) is 2.07. The first-order chi connectivity index (χ1) is 6.50. The lowest BCUT2D eigenvalue weighted by Crippen LogP contribution is -2.17. The van der Waals surface area contributed by atoms with Gasteiger partial charge < -0.3 is 4.74 Å². The fourth-order valence-corrected chi connectivity index (χ4v) is 1.93. The lowest BCUT2D eigenvalue weighted by atomic mass is 9.82. The van der Waals surface area contributed by atoms with Crippen LogP contribution in [0.1, 0.15) is 47.0 Å². The fourth-order valence-electron chi connectivity index (χ4n) is 1.93. The molecule has 0 N–H and O–H groups in total. The third-order valence-corrected chi connectivity index (χ3v) is 3.02. The van der Waals surface area contributed by atoms with E-state index >= 15 is 0 Å². The number of carbonyl (C=O) groups is 1. The van der Waals surface area contributed by atoms with Gasteiger partial charge in [0, 0.05) is 13.3 Å². The lowest BCUT2D eigenvalue weighted by molar-refractivity contribution is -0.137. The van der Waals surface area contributed by atoms with E-state index < -0.39 is 0 Å². The number of rotatable bonds is 2. The van der Waals surface area contributed by atoms with Crippen LogP contribution in [-0.4, -0.2) is 5.97 Å². The quantitative estimate of drug-likeness (QED) is 0.633. The van der Waals surface area contributed by atoms with E-state index in [1.54, 1.807) is 0 Å². The van der Waals surface area contributed by atoms with Gasteiger partial charge in [-0.2, -0.15) is 0 Å². The molecule has 0 heterocycles. The van der Waals surface area contributed by atoms with Crippen molar-refractivity contribution in [1.29, 1.82) is 0 Å². The largest absolute Gasteiger partial charge is 0.431 e. The van der Waals surface area contributed by atoms with E-state index in [1.807, 2.05) is 0 Å². The normalized spacial score (nSPS) is 22.8. The van der Waals surface area contributed by atoms with Gasteiger partial charge in [0.25, 0.3) is 0 Å². The molecule has 80 valence electrons. The SMILES string of the molecule is CC(=O)OC1=C(C)CC[C@H](C(C)C)C1. The summed E-state index contributed by atoms with van der Waals surface area (Å²) in [5, 5.41) is 0. The van der Waals surface area contributed by atoms with Crippen LogP contribution in [-0.2, 0) is 9.53 Å². The van der Waals surface area contributed by atoms with Crippen LogP contribution in [0.3, 0.4) is 0 Å². The molecule has 0 fully saturated rings. The Labute approximate surface area is 86.3 Å². The molecule has 0 saturated heterocycles. The van der Waals surface area contributed by atoms with Crippen molar-refractivity contribution < 1.29 is 9.53 Å². The Bertz CT molecular complexity index is 251. The van der Waals surface area contributed by atoms with Crippen LogP contribution in [0, 0.1) is 11.8 Å². The molecule has 1 atom stereocenters. The van der Waals surface area contributed by atoms with Crippen LogP contribution in [0.15, 0.2) is 11.3 Å². The first-order valence-corrected chi connectivity index (χ1v) is 5.37. The van der Waals surface area contributed by atoms with Gasteiger partial charge in [-0.15, -0.1) is 0 Å². The predicted octanol–water partition coefficient (Wildman–Crippen LogP) is 3.28. The van der Waals surface area contributed by atoms with Crippen LogP contribution in [0.25, 0.3) is 0 Å². The van der Waals surface area contributed by atoms with Gasteiger partial charge in [0.05, 0.1) is 0 Å². The number of ether oxygens (including phenoxy) is 1. The van der Waals surface area contributed by atoms with Crippen LogP contribution in [0.5, 0.6) is 0 Å². The van der Waals surface area contributed by atoms with Crippen LogP contribution < -0.4 is 0 Å². The highest BCUT2D eigenvalue weighted by Crippen LogP contribution is 2.34. The monoisotopic (exact) mass is 196 g/mol. The summed E-state index contributed by atoms with van der Waals surface area (Å²) < 4.78 is 5.22. The third kappa shape index (κ3) is 2.86. The Morgan fingerprint density at radius 3 is 2.64 bits per heavy atom. The molecule has 1 aliphatic carbocycles.